The third kappa shape index (κ3) is 1.87. The molecule has 0 fully saturated rings. The Morgan fingerprint density at radius 3 is 2.50 bits per heavy atom. The second kappa shape index (κ2) is 3.36. The summed E-state index contributed by atoms with van der Waals surface area (Å²) in [6, 6.07) is 0. The number of carbonyl (C=O) groups excluding carboxylic acids is 1. The van der Waals surface area contributed by atoms with Gasteiger partial charge < -0.3 is 5.41 Å². The molecule has 0 heterocycles. The first kappa shape index (κ1) is 7.34. The van der Waals surface area contributed by atoms with E-state index < -0.39 is 0 Å². The third-order valence-electron chi connectivity index (χ3n) is 1.24. The van der Waals surface area contributed by atoms with Crippen molar-refractivity contribution in [3.8, 4) is 0 Å². The van der Waals surface area contributed by atoms with Gasteiger partial charge >= 0.3 is 0 Å². The molecule has 0 aromatic rings. The van der Waals surface area contributed by atoms with Crippen LogP contribution < -0.4 is 0 Å². The van der Waals surface area contributed by atoms with E-state index in [1.807, 2.05) is 13.8 Å². The van der Waals surface area contributed by atoms with Crippen LogP contribution in [0.1, 0.15) is 20.3 Å². The summed E-state index contributed by atoms with van der Waals surface area (Å²) in [6.45, 7) is 3.76. The first-order chi connectivity index (χ1) is 3.72. The maximum atomic E-state index is 10.5. The zero-order valence-electron chi connectivity index (χ0n) is 5.27. The van der Waals surface area contributed by atoms with E-state index in [4.69, 9.17) is 5.41 Å². The molecule has 1 N–H and O–H groups in total. The first-order valence-corrected chi connectivity index (χ1v) is 2.76. The van der Waals surface area contributed by atoms with Crippen LogP contribution >= 0.6 is 0 Å². The Labute approximate surface area is 49.4 Å². The van der Waals surface area contributed by atoms with Gasteiger partial charge in [-0.25, -0.2) is 0 Å². The fourth-order valence-corrected chi connectivity index (χ4v) is 0.343. The molecule has 0 radical (unpaired) electrons. The number of nitrogens with one attached hydrogen (secondary N) is 1. The summed E-state index contributed by atoms with van der Waals surface area (Å²) in [5.41, 5.74) is 0. The molecule has 0 amide bonds. The van der Waals surface area contributed by atoms with Gasteiger partial charge in [0.25, 0.3) is 0 Å². The van der Waals surface area contributed by atoms with Crippen molar-refractivity contribution in [2.75, 3.05) is 0 Å². The standard InChI is InChI=1S/C6H11NO/c1-3-5(2)6(8)4-7/h4-5,7H,3H2,1-2H3. The van der Waals surface area contributed by atoms with Crippen molar-refractivity contribution in [3.63, 3.8) is 0 Å². The average Bonchev–Trinajstić information content (AvgIpc) is 1.84. The average molecular weight is 113 g/mol. The van der Waals surface area contributed by atoms with E-state index >= 15 is 0 Å². The van der Waals surface area contributed by atoms with Crippen LogP contribution in [-0.4, -0.2) is 12.0 Å². The van der Waals surface area contributed by atoms with Crippen molar-refractivity contribution >= 4 is 12.0 Å². The summed E-state index contributed by atoms with van der Waals surface area (Å²) >= 11 is 0. The van der Waals surface area contributed by atoms with Crippen LogP contribution in [0.5, 0.6) is 0 Å². The summed E-state index contributed by atoms with van der Waals surface area (Å²) in [5.74, 6) is -0.0417. The van der Waals surface area contributed by atoms with Gasteiger partial charge in [0.2, 0.25) is 0 Å². The van der Waals surface area contributed by atoms with Gasteiger partial charge in [0.05, 0.1) is 6.21 Å². The monoisotopic (exact) mass is 113 g/mol. The largest absolute Gasteiger partial charge is 0.305 e. The molecule has 2 nitrogen and oxygen atoms in total. The second-order valence-corrected chi connectivity index (χ2v) is 1.86. The molecule has 0 aliphatic heterocycles. The smallest absolute Gasteiger partial charge is 0.175 e. The van der Waals surface area contributed by atoms with Crippen molar-refractivity contribution in [1.82, 2.24) is 0 Å². The Balaban J connectivity index is 3.62. The van der Waals surface area contributed by atoms with E-state index in [9.17, 15) is 4.79 Å². The molecule has 0 aromatic heterocycles. The zero-order chi connectivity index (χ0) is 6.57. The Morgan fingerprint density at radius 2 is 2.38 bits per heavy atom. The summed E-state index contributed by atoms with van der Waals surface area (Å²) in [6.07, 6.45) is 1.71. The van der Waals surface area contributed by atoms with Crippen LogP contribution in [-0.2, 0) is 4.79 Å². The summed E-state index contributed by atoms with van der Waals surface area (Å²) < 4.78 is 0. The SMILES string of the molecule is CCC(C)C(=O)C=N. The van der Waals surface area contributed by atoms with Gasteiger partial charge in [0, 0.05) is 5.92 Å². The molecule has 0 aromatic carbocycles. The second-order valence-electron chi connectivity index (χ2n) is 1.86. The Bertz CT molecular complexity index is 98.7. The van der Waals surface area contributed by atoms with E-state index in [2.05, 4.69) is 0 Å². The molecule has 8 heavy (non-hydrogen) atoms. The van der Waals surface area contributed by atoms with E-state index in [-0.39, 0.29) is 11.7 Å². The van der Waals surface area contributed by atoms with Crippen LogP contribution in [0.3, 0.4) is 0 Å². The summed E-state index contributed by atoms with van der Waals surface area (Å²) in [5, 5.41) is 6.57. The Morgan fingerprint density at radius 1 is 1.88 bits per heavy atom. The number of Topliss-reactive ketones (excluding diaryl/α,β-unsaturated/α-hetero) is 1. The molecule has 0 bridgehead atoms. The molecule has 1 atom stereocenters. The number of carbonyl (C=O) groups is 1. The molecule has 2 heteroatoms. The minimum Gasteiger partial charge on any atom is -0.305 e. The summed E-state index contributed by atoms with van der Waals surface area (Å²) in [7, 11) is 0. The van der Waals surface area contributed by atoms with Crippen molar-refractivity contribution in [1.29, 1.82) is 5.41 Å². The lowest BCUT2D eigenvalue weighted by molar-refractivity contribution is -0.115. The highest BCUT2D eigenvalue weighted by Gasteiger charge is 2.04. The molecule has 0 aliphatic rings. The zero-order valence-corrected chi connectivity index (χ0v) is 5.27. The topological polar surface area (TPSA) is 40.9 Å². The lowest BCUT2D eigenvalue weighted by atomic mass is 10.1. The maximum absolute atomic E-state index is 10.5. The van der Waals surface area contributed by atoms with E-state index in [0.717, 1.165) is 12.6 Å². The maximum Gasteiger partial charge on any atom is 0.175 e. The van der Waals surface area contributed by atoms with Gasteiger partial charge in [-0.2, -0.15) is 0 Å². The summed E-state index contributed by atoms with van der Waals surface area (Å²) in [4.78, 5) is 10.5. The molecular weight excluding hydrogens is 102 g/mol. The molecule has 1 unspecified atom stereocenters. The van der Waals surface area contributed by atoms with Crippen molar-refractivity contribution in [2.45, 2.75) is 20.3 Å². The van der Waals surface area contributed by atoms with Gasteiger partial charge in [-0.1, -0.05) is 13.8 Å². The normalized spacial score (nSPS) is 12.8. The number of rotatable bonds is 3. The minimum absolute atomic E-state index is 0.0347. The first-order valence-electron chi connectivity index (χ1n) is 2.76. The van der Waals surface area contributed by atoms with Crippen molar-refractivity contribution < 1.29 is 4.79 Å². The molecule has 0 spiro atoms. The fourth-order valence-electron chi connectivity index (χ4n) is 0.343. The van der Waals surface area contributed by atoms with Crippen LogP contribution in [0.4, 0.5) is 0 Å². The molecular formula is C6H11NO. The molecule has 0 saturated carbocycles. The van der Waals surface area contributed by atoms with E-state index in [1.54, 1.807) is 0 Å². The molecule has 0 rings (SSSR count). The molecule has 46 valence electrons. The van der Waals surface area contributed by atoms with E-state index in [1.165, 1.54) is 0 Å². The van der Waals surface area contributed by atoms with Crippen LogP contribution in [0.25, 0.3) is 0 Å². The highest BCUT2D eigenvalue weighted by Crippen LogP contribution is 1.98. The Hall–Kier alpha value is -0.660. The quantitative estimate of drug-likeness (QED) is 0.550. The Kier molecular flexibility index (Phi) is 3.08. The van der Waals surface area contributed by atoms with Crippen LogP contribution in [0.15, 0.2) is 0 Å². The van der Waals surface area contributed by atoms with E-state index in [0.29, 0.717) is 0 Å². The van der Waals surface area contributed by atoms with Crippen LogP contribution in [0.2, 0.25) is 0 Å². The number of ketones is 1. The number of hydrogen-bond donors (Lipinski definition) is 1. The lowest BCUT2D eigenvalue weighted by Crippen LogP contribution is -2.09. The lowest BCUT2D eigenvalue weighted by Gasteiger charge is -1.98. The van der Waals surface area contributed by atoms with Crippen molar-refractivity contribution in [3.05, 3.63) is 0 Å². The van der Waals surface area contributed by atoms with Gasteiger partial charge in [0.15, 0.2) is 5.78 Å². The highest BCUT2D eigenvalue weighted by molar-refractivity contribution is 6.27. The van der Waals surface area contributed by atoms with Crippen molar-refractivity contribution in [2.24, 2.45) is 5.92 Å². The van der Waals surface area contributed by atoms with Gasteiger partial charge in [-0.05, 0) is 6.42 Å². The van der Waals surface area contributed by atoms with Gasteiger partial charge in [-0.3, -0.25) is 4.79 Å². The van der Waals surface area contributed by atoms with Crippen LogP contribution in [0, 0.1) is 11.3 Å². The predicted octanol–water partition coefficient (Wildman–Crippen LogP) is 1.25. The minimum atomic E-state index is -0.0764. The molecule has 0 aliphatic carbocycles. The van der Waals surface area contributed by atoms with Gasteiger partial charge in [0.1, 0.15) is 0 Å². The molecule has 0 saturated heterocycles. The number of hydrogen-bond acceptors (Lipinski definition) is 2. The fraction of sp³-hybridized carbons (Fsp3) is 0.667. The third-order valence-corrected chi connectivity index (χ3v) is 1.24. The predicted molar refractivity (Wildman–Crippen MR) is 33.2 cm³/mol. The highest BCUT2D eigenvalue weighted by atomic mass is 16.1. The van der Waals surface area contributed by atoms with Gasteiger partial charge in [-0.15, -0.1) is 0 Å².